The maximum absolute atomic E-state index is 12.3. The van der Waals surface area contributed by atoms with Crippen LogP contribution in [0.5, 0.6) is 0 Å². The lowest BCUT2D eigenvalue weighted by molar-refractivity contribution is 0.0952. The standard InChI is InChI=1S/C16H20N2O/c1-10-9-16(2,3)18-14-12(10)5-4-6-13(14)15(19)17-11-7-8-11/h4-6,9,11,18H,7-8H2,1-3H3,(H,17,19). The van der Waals surface area contributed by atoms with Crippen LogP contribution in [0.2, 0.25) is 0 Å². The Kier molecular flexibility index (Phi) is 2.66. The van der Waals surface area contributed by atoms with Crippen molar-refractivity contribution >= 4 is 17.2 Å². The van der Waals surface area contributed by atoms with Crippen LogP contribution in [0, 0.1) is 0 Å². The molecule has 1 aromatic carbocycles. The normalized spacial score (nSPS) is 20.1. The summed E-state index contributed by atoms with van der Waals surface area (Å²) < 4.78 is 0. The predicted molar refractivity (Wildman–Crippen MR) is 78.3 cm³/mol. The largest absolute Gasteiger partial charge is 0.376 e. The zero-order valence-corrected chi connectivity index (χ0v) is 11.7. The van der Waals surface area contributed by atoms with Gasteiger partial charge in [-0.25, -0.2) is 0 Å². The summed E-state index contributed by atoms with van der Waals surface area (Å²) in [5.41, 5.74) is 3.95. The Hall–Kier alpha value is -1.77. The van der Waals surface area contributed by atoms with E-state index in [9.17, 15) is 4.79 Å². The van der Waals surface area contributed by atoms with Crippen LogP contribution in [0.3, 0.4) is 0 Å². The monoisotopic (exact) mass is 256 g/mol. The Morgan fingerprint density at radius 1 is 1.37 bits per heavy atom. The predicted octanol–water partition coefficient (Wildman–Crippen LogP) is 3.19. The molecular weight excluding hydrogens is 236 g/mol. The van der Waals surface area contributed by atoms with E-state index in [1.807, 2.05) is 12.1 Å². The van der Waals surface area contributed by atoms with Crippen molar-refractivity contribution in [2.75, 3.05) is 5.32 Å². The van der Waals surface area contributed by atoms with E-state index in [1.54, 1.807) is 0 Å². The second kappa shape index (κ2) is 4.12. The van der Waals surface area contributed by atoms with Gasteiger partial charge in [-0.2, -0.15) is 0 Å². The highest BCUT2D eigenvalue weighted by Crippen LogP contribution is 2.36. The number of hydrogen-bond donors (Lipinski definition) is 2. The smallest absolute Gasteiger partial charge is 0.253 e. The van der Waals surface area contributed by atoms with Crippen LogP contribution in [-0.4, -0.2) is 17.5 Å². The maximum atomic E-state index is 12.3. The third-order valence-corrected chi connectivity index (χ3v) is 3.67. The van der Waals surface area contributed by atoms with E-state index in [2.05, 4.69) is 43.5 Å². The fourth-order valence-corrected chi connectivity index (χ4v) is 2.67. The molecule has 3 heteroatoms. The van der Waals surface area contributed by atoms with Crippen molar-refractivity contribution in [1.82, 2.24) is 5.32 Å². The molecular formula is C16H20N2O. The molecule has 0 bridgehead atoms. The molecule has 0 aromatic heterocycles. The van der Waals surface area contributed by atoms with E-state index < -0.39 is 0 Å². The molecule has 0 radical (unpaired) electrons. The number of anilines is 1. The highest BCUT2D eigenvalue weighted by atomic mass is 16.1. The highest BCUT2D eigenvalue weighted by Gasteiger charge is 2.29. The lowest BCUT2D eigenvalue weighted by Gasteiger charge is -2.32. The molecule has 1 aliphatic carbocycles. The summed E-state index contributed by atoms with van der Waals surface area (Å²) in [7, 11) is 0. The van der Waals surface area contributed by atoms with Gasteiger partial charge in [0.15, 0.2) is 0 Å². The van der Waals surface area contributed by atoms with Crippen molar-refractivity contribution < 1.29 is 4.79 Å². The average Bonchev–Trinajstić information content (AvgIpc) is 3.10. The molecule has 1 heterocycles. The van der Waals surface area contributed by atoms with Gasteiger partial charge in [0.1, 0.15) is 0 Å². The van der Waals surface area contributed by atoms with Crippen LogP contribution in [0.1, 0.15) is 49.5 Å². The molecule has 1 aliphatic heterocycles. The zero-order chi connectivity index (χ0) is 13.6. The lowest BCUT2D eigenvalue weighted by Crippen LogP contribution is -2.34. The van der Waals surface area contributed by atoms with Crippen molar-refractivity contribution in [2.24, 2.45) is 0 Å². The van der Waals surface area contributed by atoms with Crippen molar-refractivity contribution in [3.63, 3.8) is 0 Å². The van der Waals surface area contributed by atoms with Crippen LogP contribution in [0.4, 0.5) is 5.69 Å². The fourth-order valence-electron chi connectivity index (χ4n) is 2.67. The van der Waals surface area contributed by atoms with Gasteiger partial charge in [-0.3, -0.25) is 4.79 Å². The average molecular weight is 256 g/mol. The molecule has 1 saturated carbocycles. The second-order valence-corrected chi connectivity index (χ2v) is 6.15. The minimum atomic E-state index is -0.118. The number of amides is 1. The summed E-state index contributed by atoms with van der Waals surface area (Å²) in [5.74, 6) is 0.0392. The Morgan fingerprint density at radius 2 is 2.11 bits per heavy atom. The molecule has 2 aliphatic rings. The first kappa shape index (κ1) is 12.3. The summed E-state index contributed by atoms with van der Waals surface area (Å²) in [5, 5.41) is 6.54. The van der Waals surface area contributed by atoms with Crippen LogP contribution < -0.4 is 10.6 Å². The number of hydrogen-bond acceptors (Lipinski definition) is 2. The first-order valence-corrected chi connectivity index (χ1v) is 6.88. The highest BCUT2D eigenvalue weighted by molar-refractivity contribution is 6.03. The molecule has 0 atom stereocenters. The minimum Gasteiger partial charge on any atom is -0.376 e. The third kappa shape index (κ3) is 2.37. The van der Waals surface area contributed by atoms with Gasteiger partial charge in [-0.15, -0.1) is 0 Å². The Morgan fingerprint density at radius 3 is 2.79 bits per heavy atom. The van der Waals surface area contributed by atoms with Gasteiger partial charge in [0, 0.05) is 11.6 Å². The van der Waals surface area contributed by atoms with E-state index >= 15 is 0 Å². The SMILES string of the molecule is CC1=CC(C)(C)Nc2c(C(=O)NC3CC3)cccc21. The van der Waals surface area contributed by atoms with Crippen molar-refractivity contribution in [3.05, 3.63) is 35.4 Å². The number of fused-ring (bicyclic) bond motifs is 1. The molecule has 2 N–H and O–H groups in total. The number of para-hydroxylation sites is 1. The van der Waals surface area contributed by atoms with E-state index in [0.717, 1.165) is 29.7 Å². The lowest BCUT2D eigenvalue weighted by atomic mass is 9.89. The molecule has 100 valence electrons. The van der Waals surface area contributed by atoms with Crippen LogP contribution >= 0.6 is 0 Å². The molecule has 1 aromatic rings. The molecule has 0 spiro atoms. The Bertz CT molecular complexity index is 568. The first-order chi connectivity index (χ1) is 8.96. The third-order valence-electron chi connectivity index (χ3n) is 3.67. The summed E-state index contributed by atoms with van der Waals surface area (Å²) in [6.07, 6.45) is 4.43. The van der Waals surface area contributed by atoms with Crippen molar-refractivity contribution in [3.8, 4) is 0 Å². The molecule has 0 saturated heterocycles. The van der Waals surface area contributed by atoms with Crippen molar-refractivity contribution in [1.29, 1.82) is 0 Å². The number of benzene rings is 1. The number of carbonyl (C=O) groups excluding carboxylic acids is 1. The summed E-state index contributed by atoms with van der Waals surface area (Å²) in [6, 6.07) is 6.31. The summed E-state index contributed by atoms with van der Waals surface area (Å²) in [4.78, 5) is 12.3. The number of allylic oxidation sites excluding steroid dienone is 1. The van der Waals surface area contributed by atoms with Crippen molar-refractivity contribution in [2.45, 2.75) is 45.2 Å². The van der Waals surface area contributed by atoms with E-state index in [-0.39, 0.29) is 11.4 Å². The van der Waals surface area contributed by atoms with E-state index in [4.69, 9.17) is 0 Å². The molecule has 3 nitrogen and oxygen atoms in total. The van der Waals surface area contributed by atoms with Gasteiger partial charge in [-0.1, -0.05) is 18.2 Å². The number of carbonyl (C=O) groups is 1. The van der Waals surface area contributed by atoms with Crippen LogP contribution in [0.15, 0.2) is 24.3 Å². The van der Waals surface area contributed by atoms with Gasteiger partial charge >= 0.3 is 0 Å². The van der Waals surface area contributed by atoms with Gasteiger partial charge in [0.2, 0.25) is 0 Å². The summed E-state index contributed by atoms with van der Waals surface area (Å²) >= 11 is 0. The topological polar surface area (TPSA) is 41.1 Å². The minimum absolute atomic E-state index is 0.0392. The van der Waals surface area contributed by atoms with Gasteiger partial charge < -0.3 is 10.6 Å². The molecule has 1 amide bonds. The maximum Gasteiger partial charge on any atom is 0.253 e. The molecule has 1 fully saturated rings. The molecule has 0 unspecified atom stereocenters. The van der Waals surface area contributed by atoms with E-state index in [1.165, 1.54) is 5.57 Å². The van der Waals surface area contributed by atoms with Gasteiger partial charge in [-0.05, 0) is 45.3 Å². The van der Waals surface area contributed by atoms with Crippen LogP contribution in [-0.2, 0) is 0 Å². The number of nitrogens with one attached hydrogen (secondary N) is 2. The zero-order valence-electron chi connectivity index (χ0n) is 11.7. The Balaban J connectivity index is 2.01. The Labute approximate surface area is 114 Å². The van der Waals surface area contributed by atoms with Gasteiger partial charge in [0.05, 0.1) is 16.8 Å². The summed E-state index contributed by atoms with van der Waals surface area (Å²) in [6.45, 7) is 6.34. The first-order valence-electron chi connectivity index (χ1n) is 6.88. The molecule has 3 rings (SSSR count). The fraction of sp³-hybridized carbons (Fsp3) is 0.438. The quantitative estimate of drug-likeness (QED) is 0.853. The van der Waals surface area contributed by atoms with Crippen LogP contribution in [0.25, 0.3) is 5.57 Å². The van der Waals surface area contributed by atoms with E-state index in [0.29, 0.717) is 6.04 Å². The van der Waals surface area contributed by atoms with Gasteiger partial charge in [0.25, 0.3) is 5.91 Å². The number of rotatable bonds is 2. The molecule has 19 heavy (non-hydrogen) atoms. The second-order valence-electron chi connectivity index (χ2n) is 6.15.